The molecular formula is C25H26N6O5. The first-order valence-corrected chi connectivity index (χ1v) is 11.5. The average molecular weight is 491 g/mol. The number of carbonyl (C=O) groups excluding carboxylic acids is 2. The number of hydrogen-bond acceptors (Lipinski definition) is 6. The topological polar surface area (TPSA) is 140 Å². The van der Waals surface area contributed by atoms with Gasteiger partial charge in [-0.3, -0.25) is 14.3 Å². The number of aryl methyl sites for hydroxylation is 2. The normalized spacial score (nSPS) is 10.8. The summed E-state index contributed by atoms with van der Waals surface area (Å²) < 4.78 is 8.33. The Balaban J connectivity index is 1.42. The Morgan fingerprint density at radius 2 is 1.67 bits per heavy atom. The largest absolute Gasteiger partial charge is 0.454 e. The number of aromatic amines is 1. The Morgan fingerprint density at radius 3 is 2.33 bits per heavy atom. The first-order chi connectivity index (χ1) is 17.4. The predicted octanol–water partition coefficient (Wildman–Crippen LogP) is 3.22. The van der Waals surface area contributed by atoms with E-state index in [-0.39, 0.29) is 23.3 Å². The molecule has 0 aliphatic carbocycles. The summed E-state index contributed by atoms with van der Waals surface area (Å²) in [5.41, 5.74) is 0.862. The maximum Gasteiger partial charge on any atom is 0.338 e. The van der Waals surface area contributed by atoms with Crippen LogP contribution in [0.4, 0.5) is 16.2 Å². The van der Waals surface area contributed by atoms with Gasteiger partial charge in [0.25, 0.3) is 5.56 Å². The predicted molar refractivity (Wildman–Crippen MR) is 135 cm³/mol. The van der Waals surface area contributed by atoms with Crippen molar-refractivity contribution in [3.63, 3.8) is 0 Å². The lowest BCUT2D eigenvalue weighted by Crippen LogP contribution is -2.31. The summed E-state index contributed by atoms with van der Waals surface area (Å²) >= 11 is 0. The van der Waals surface area contributed by atoms with Gasteiger partial charge >= 0.3 is 17.7 Å². The van der Waals surface area contributed by atoms with Gasteiger partial charge in [0.05, 0.1) is 5.56 Å². The van der Waals surface area contributed by atoms with Crippen molar-refractivity contribution in [1.82, 2.24) is 19.1 Å². The van der Waals surface area contributed by atoms with Crippen molar-refractivity contribution in [2.45, 2.75) is 32.9 Å². The monoisotopic (exact) mass is 490 g/mol. The fraction of sp³-hybridized carbons (Fsp3) is 0.240. The van der Waals surface area contributed by atoms with Gasteiger partial charge in [-0.2, -0.15) is 0 Å². The lowest BCUT2D eigenvalue weighted by Gasteiger charge is -2.08. The van der Waals surface area contributed by atoms with E-state index in [1.54, 1.807) is 31.3 Å². The van der Waals surface area contributed by atoms with Crippen LogP contribution in [-0.4, -0.2) is 31.1 Å². The first kappa shape index (κ1) is 24.5. The molecule has 0 unspecified atom stereocenters. The zero-order chi connectivity index (χ0) is 25.7. The number of carbonyl (C=O) groups is 2. The molecule has 2 aromatic carbocycles. The molecule has 3 N–H and O–H groups in total. The second kappa shape index (κ2) is 10.7. The van der Waals surface area contributed by atoms with Crippen LogP contribution in [0.25, 0.3) is 11.2 Å². The SMILES string of the molecule is CCCCn1c(=O)[nH]c(=O)c2c1nc(COC(=O)c1ccc(NC(=O)Nc3ccccc3)cc1)n2C. The van der Waals surface area contributed by atoms with Crippen molar-refractivity contribution in [3.8, 4) is 0 Å². The van der Waals surface area contributed by atoms with Gasteiger partial charge in [0.1, 0.15) is 12.4 Å². The fourth-order valence-electron chi connectivity index (χ4n) is 3.66. The summed E-state index contributed by atoms with van der Waals surface area (Å²) in [5.74, 6) is -0.268. The molecular weight excluding hydrogens is 464 g/mol. The molecule has 0 atom stereocenters. The molecule has 2 aromatic heterocycles. The number of imidazole rings is 1. The molecule has 0 saturated carbocycles. The number of H-pyrrole nitrogens is 1. The highest BCUT2D eigenvalue weighted by Crippen LogP contribution is 2.15. The van der Waals surface area contributed by atoms with Crippen LogP contribution in [0.3, 0.4) is 0 Å². The number of unbranched alkanes of at least 4 members (excludes halogenated alkanes) is 1. The number of amides is 2. The molecule has 0 bridgehead atoms. The number of nitrogens with one attached hydrogen (secondary N) is 3. The summed E-state index contributed by atoms with van der Waals surface area (Å²) in [6, 6.07) is 14.8. The van der Waals surface area contributed by atoms with Gasteiger partial charge in [-0.05, 0) is 42.8 Å². The van der Waals surface area contributed by atoms with Gasteiger partial charge in [-0.1, -0.05) is 31.5 Å². The van der Waals surface area contributed by atoms with Crippen LogP contribution < -0.4 is 21.9 Å². The summed E-state index contributed by atoms with van der Waals surface area (Å²) in [4.78, 5) is 56.0. The molecule has 2 amide bonds. The molecule has 11 nitrogen and oxygen atoms in total. The van der Waals surface area contributed by atoms with Crippen molar-refractivity contribution < 1.29 is 14.3 Å². The molecule has 0 radical (unpaired) electrons. The molecule has 186 valence electrons. The lowest BCUT2D eigenvalue weighted by atomic mass is 10.2. The lowest BCUT2D eigenvalue weighted by molar-refractivity contribution is 0.0459. The highest BCUT2D eigenvalue weighted by molar-refractivity contribution is 6.00. The second-order valence-electron chi connectivity index (χ2n) is 8.12. The van der Waals surface area contributed by atoms with Crippen LogP contribution in [0.15, 0.2) is 64.2 Å². The Bertz CT molecular complexity index is 1500. The number of aromatic nitrogens is 4. The number of ether oxygens (including phenoxy) is 1. The molecule has 0 aliphatic rings. The highest BCUT2D eigenvalue weighted by Gasteiger charge is 2.18. The van der Waals surface area contributed by atoms with Crippen LogP contribution in [0.2, 0.25) is 0 Å². The molecule has 36 heavy (non-hydrogen) atoms. The number of para-hydroxylation sites is 1. The van der Waals surface area contributed by atoms with Gasteiger partial charge in [0.15, 0.2) is 11.2 Å². The Kier molecular flexibility index (Phi) is 7.28. The van der Waals surface area contributed by atoms with Crippen LogP contribution in [-0.2, 0) is 24.9 Å². The van der Waals surface area contributed by atoms with Gasteiger partial charge in [0, 0.05) is 25.0 Å². The third-order valence-corrected chi connectivity index (χ3v) is 5.58. The molecule has 4 rings (SSSR count). The molecule has 0 aliphatic heterocycles. The summed E-state index contributed by atoms with van der Waals surface area (Å²) in [6.45, 7) is 2.23. The number of nitrogens with zero attached hydrogens (tertiary/aromatic N) is 3. The molecule has 11 heteroatoms. The highest BCUT2D eigenvalue weighted by atomic mass is 16.5. The first-order valence-electron chi connectivity index (χ1n) is 11.5. The minimum Gasteiger partial charge on any atom is -0.454 e. The maximum absolute atomic E-state index is 12.6. The van der Waals surface area contributed by atoms with E-state index in [1.165, 1.54) is 21.3 Å². The van der Waals surface area contributed by atoms with E-state index in [2.05, 4.69) is 20.6 Å². The van der Waals surface area contributed by atoms with Gasteiger partial charge in [-0.25, -0.2) is 19.4 Å². The Hall–Kier alpha value is -4.67. The van der Waals surface area contributed by atoms with E-state index in [0.717, 1.165) is 12.8 Å². The third kappa shape index (κ3) is 5.35. The van der Waals surface area contributed by atoms with Crippen molar-refractivity contribution in [3.05, 3.63) is 86.8 Å². The number of benzene rings is 2. The van der Waals surface area contributed by atoms with Gasteiger partial charge in [0.2, 0.25) is 0 Å². The maximum atomic E-state index is 12.6. The van der Waals surface area contributed by atoms with Crippen LogP contribution in [0.1, 0.15) is 35.9 Å². The van der Waals surface area contributed by atoms with E-state index in [4.69, 9.17) is 4.74 Å². The number of anilines is 2. The number of hydrogen-bond donors (Lipinski definition) is 3. The summed E-state index contributed by atoms with van der Waals surface area (Å²) in [5, 5.41) is 5.40. The molecule has 0 saturated heterocycles. The zero-order valence-corrected chi connectivity index (χ0v) is 19.9. The van der Waals surface area contributed by atoms with E-state index in [1.807, 2.05) is 25.1 Å². The molecule has 2 heterocycles. The number of rotatable bonds is 8. The van der Waals surface area contributed by atoms with Crippen molar-refractivity contribution >= 4 is 34.5 Å². The molecule has 0 fully saturated rings. The van der Waals surface area contributed by atoms with E-state index in [9.17, 15) is 19.2 Å². The summed E-state index contributed by atoms with van der Waals surface area (Å²) in [6.07, 6.45) is 1.62. The summed E-state index contributed by atoms with van der Waals surface area (Å²) in [7, 11) is 1.63. The van der Waals surface area contributed by atoms with Crippen molar-refractivity contribution in [2.75, 3.05) is 10.6 Å². The van der Waals surface area contributed by atoms with E-state index in [0.29, 0.717) is 23.7 Å². The quantitative estimate of drug-likeness (QED) is 0.324. The van der Waals surface area contributed by atoms with E-state index < -0.39 is 23.2 Å². The third-order valence-electron chi connectivity index (χ3n) is 5.58. The Labute approximate surface area is 205 Å². The number of urea groups is 1. The van der Waals surface area contributed by atoms with Crippen LogP contribution in [0, 0.1) is 0 Å². The van der Waals surface area contributed by atoms with Crippen LogP contribution in [0.5, 0.6) is 0 Å². The van der Waals surface area contributed by atoms with Crippen molar-refractivity contribution in [2.24, 2.45) is 7.05 Å². The number of fused-ring (bicyclic) bond motifs is 1. The van der Waals surface area contributed by atoms with Gasteiger partial charge < -0.3 is 19.9 Å². The standard InChI is InChI=1S/C25H26N6O5/c1-3-4-14-31-21-20(22(32)29-25(31)35)30(2)19(28-21)15-36-23(33)16-10-12-18(13-11-16)27-24(34)26-17-8-6-5-7-9-17/h5-13H,3-4,14-15H2,1-2H3,(H2,26,27,34)(H,29,32,35). The van der Waals surface area contributed by atoms with E-state index >= 15 is 0 Å². The van der Waals surface area contributed by atoms with Gasteiger partial charge in [-0.15, -0.1) is 0 Å². The second-order valence-corrected chi connectivity index (χ2v) is 8.12. The fourth-order valence-corrected chi connectivity index (χ4v) is 3.66. The Morgan fingerprint density at radius 1 is 1.00 bits per heavy atom. The number of esters is 1. The molecule has 0 spiro atoms. The smallest absolute Gasteiger partial charge is 0.338 e. The van der Waals surface area contributed by atoms with Crippen molar-refractivity contribution in [1.29, 1.82) is 0 Å². The minimum atomic E-state index is -0.598. The zero-order valence-electron chi connectivity index (χ0n) is 19.9. The molecule has 4 aromatic rings. The van der Waals surface area contributed by atoms with Crippen LogP contribution >= 0.6 is 0 Å². The minimum absolute atomic E-state index is 0.190. The average Bonchev–Trinajstić information content (AvgIpc) is 3.19.